The largest absolute Gasteiger partial charge is 0.353 e. The molecule has 1 aliphatic rings. The van der Waals surface area contributed by atoms with Crippen LogP contribution in [0.15, 0.2) is 85.1 Å². The quantitative estimate of drug-likeness (QED) is 0.712. The van der Waals surface area contributed by atoms with Crippen molar-refractivity contribution in [3.05, 3.63) is 96.2 Å². The van der Waals surface area contributed by atoms with Gasteiger partial charge < -0.3 is 10.2 Å². The Hall–Kier alpha value is -3.14. The molecule has 0 bridgehead atoms. The molecule has 0 spiro atoms. The molecule has 0 saturated carbocycles. The van der Waals surface area contributed by atoms with E-state index < -0.39 is 0 Å². The maximum atomic E-state index is 13.2. The van der Waals surface area contributed by atoms with E-state index in [1.807, 2.05) is 85.1 Å². The molecular formula is C24H25N3O. The highest BCUT2D eigenvalue weighted by molar-refractivity contribution is 5.87. The molecule has 1 aliphatic heterocycles. The molecule has 1 atom stereocenters. The monoisotopic (exact) mass is 371 g/mol. The number of pyridine rings is 1. The Kier molecular flexibility index (Phi) is 5.66. The van der Waals surface area contributed by atoms with Gasteiger partial charge in [-0.15, -0.1) is 0 Å². The molecule has 1 unspecified atom stereocenters. The molecule has 142 valence electrons. The zero-order valence-electron chi connectivity index (χ0n) is 15.9. The number of rotatable bonds is 6. The molecule has 2 aromatic carbocycles. The fraction of sp³-hybridized carbons (Fsp3) is 0.250. The second kappa shape index (κ2) is 8.70. The number of carbonyl (C=O) groups is 1. The summed E-state index contributed by atoms with van der Waals surface area (Å²) < 4.78 is 0. The highest BCUT2D eigenvalue weighted by atomic mass is 16.1. The van der Waals surface area contributed by atoms with Crippen molar-refractivity contribution < 1.29 is 4.79 Å². The fourth-order valence-corrected chi connectivity index (χ4v) is 3.98. The molecule has 4 nitrogen and oxygen atoms in total. The van der Waals surface area contributed by atoms with E-state index >= 15 is 0 Å². The van der Waals surface area contributed by atoms with Crippen molar-refractivity contribution in [2.24, 2.45) is 0 Å². The van der Waals surface area contributed by atoms with Crippen molar-refractivity contribution in [1.82, 2.24) is 10.3 Å². The molecule has 1 saturated heterocycles. The van der Waals surface area contributed by atoms with Crippen LogP contribution in [0.3, 0.4) is 0 Å². The van der Waals surface area contributed by atoms with Crippen LogP contribution in [-0.4, -0.2) is 30.0 Å². The van der Waals surface area contributed by atoms with Crippen LogP contribution in [0.5, 0.6) is 0 Å². The Labute approximate surface area is 166 Å². The van der Waals surface area contributed by atoms with Crippen molar-refractivity contribution in [3.63, 3.8) is 0 Å². The van der Waals surface area contributed by atoms with Crippen LogP contribution in [0.4, 0.5) is 5.82 Å². The number of nitrogens with one attached hydrogen (secondary N) is 1. The molecule has 4 rings (SSSR count). The summed E-state index contributed by atoms with van der Waals surface area (Å²) in [6.07, 6.45) is 4.01. The molecule has 1 N–H and O–H groups in total. The molecular weight excluding hydrogens is 346 g/mol. The maximum absolute atomic E-state index is 13.2. The summed E-state index contributed by atoms with van der Waals surface area (Å²) >= 11 is 0. The van der Waals surface area contributed by atoms with Gasteiger partial charge in [-0.05, 0) is 36.1 Å². The predicted molar refractivity (Wildman–Crippen MR) is 112 cm³/mol. The van der Waals surface area contributed by atoms with E-state index in [1.165, 1.54) is 0 Å². The molecule has 2 heterocycles. The van der Waals surface area contributed by atoms with Gasteiger partial charge in [0.15, 0.2) is 0 Å². The summed E-state index contributed by atoms with van der Waals surface area (Å²) in [6, 6.07) is 26.2. The third-order valence-corrected chi connectivity index (χ3v) is 5.36. The van der Waals surface area contributed by atoms with Gasteiger partial charge in [0.1, 0.15) is 5.82 Å². The van der Waals surface area contributed by atoms with Crippen LogP contribution < -0.4 is 10.2 Å². The Morgan fingerprint density at radius 3 is 2.21 bits per heavy atom. The molecule has 3 aromatic rings. The number of hydrogen-bond acceptors (Lipinski definition) is 3. The van der Waals surface area contributed by atoms with Gasteiger partial charge in [-0.25, -0.2) is 4.98 Å². The average Bonchev–Trinajstić information content (AvgIpc) is 3.23. The smallest absolute Gasteiger partial charge is 0.232 e. The van der Waals surface area contributed by atoms with Gasteiger partial charge in [0, 0.05) is 25.3 Å². The summed E-state index contributed by atoms with van der Waals surface area (Å²) in [5, 5.41) is 3.21. The van der Waals surface area contributed by atoms with Gasteiger partial charge in [-0.1, -0.05) is 66.7 Å². The molecule has 1 fully saturated rings. The first-order valence-electron chi connectivity index (χ1n) is 9.88. The van der Waals surface area contributed by atoms with Crippen molar-refractivity contribution in [1.29, 1.82) is 0 Å². The molecule has 0 radical (unpaired) electrons. The van der Waals surface area contributed by atoms with Crippen LogP contribution >= 0.6 is 0 Å². The first-order valence-corrected chi connectivity index (χ1v) is 9.88. The molecule has 1 amide bonds. The first kappa shape index (κ1) is 18.2. The lowest BCUT2D eigenvalue weighted by Gasteiger charge is -2.27. The van der Waals surface area contributed by atoms with Gasteiger partial charge in [0.25, 0.3) is 0 Å². The van der Waals surface area contributed by atoms with Gasteiger partial charge in [0.05, 0.1) is 5.92 Å². The van der Waals surface area contributed by atoms with Crippen molar-refractivity contribution >= 4 is 11.7 Å². The second-order valence-corrected chi connectivity index (χ2v) is 7.18. The van der Waals surface area contributed by atoms with Gasteiger partial charge in [-0.3, -0.25) is 4.79 Å². The second-order valence-electron chi connectivity index (χ2n) is 7.18. The lowest BCUT2D eigenvalue weighted by Crippen LogP contribution is -2.42. The lowest BCUT2D eigenvalue weighted by molar-refractivity contribution is -0.121. The third kappa shape index (κ3) is 4.06. The Morgan fingerprint density at radius 2 is 1.61 bits per heavy atom. The van der Waals surface area contributed by atoms with E-state index in [1.54, 1.807) is 0 Å². The van der Waals surface area contributed by atoms with E-state index in [-0.39, 0.29) is 17.9 Å². The summed E-state index contributed by atoms with van der Waals surface area (Å²) in [6.45, 7) is 1.62. The highest BCUT2D eigenvalue weighted by Crippen LogP contribution is 2.26. The van der Waals surface area contributed by atoms with Crippen LogP contribution in [0.2, 0.25) is 0 Å². The Balaban J connectivity index is 1.49. The van der Waals surface area contributed by atoms with Crippen LogP contribution in [-0.2, 0) is 4.79 Å². The average molecular weight is 371 g/mol. The number of benzene rings is 2. The standard InChI is InChI=1S/C24H25N3O/c28-24(23(19-10-3-1-4-11-19)20-12-5-2-6-13-20)26-18-21-14-9-17-27(21)22-15-7-8-16-25-22/h1-8,10-13,15-16,21,23H,9,14,17-18H2,(H,26,28). The van der Waals surface area contributed by atoms with Crippen molar-refractivity contribution in [2.45, 2.75) is 24.8 Å². The normalized spacial score (nSPS) is 16.3. The topological polar surface area (TPSA) is 45.2 Å². The summed E-state index contributed by atoms with van der Waals surface area (Å²) in [5.74, 6) is 0.735. The molecule has 1 aromatic heterocycles. The van der Waals surface area contributed by atoms with E-state index in [0.717, 1.165) is 36.3 Å². The van der Waals surface area contributed by atoms with Gasteiger partial charge in [-0.2, -0.15) is 0 Å². The number of aromatic nitrogens is 1. The van der Waals surface area contributed by atoms with E-state index in [9.17, 15) is 4.79 Å². The van der Waals surface area contributed by atoms with E-state index in [4.69, 9.17) is 0 Å². The number of amides is 1. The summed E-state index contributed by atoms with van der Waals surface area (Å²) in [5.41, 5.74) is 2.03. The van der Waals surface area contributed by atoms with Crippen LogP contribution in [0.25, 0.3) is 0 Å². The summed E-state index contributed by atoms with van der Waals surface area (Å²) in [4.78, 5) is 20.0. The van der Waals surface area contributed by atoms with Gasteiger partial charge in [0.2, 0.25) is 5.91 Å². The SMILES string of the molecule is O=C(NCC1CCCN1c1ccccn1)C(c1ccccc1)c1ccccc1. The minimum atomic E-state index is -0.299. The highest BCUT2D eigenvalue weighted by Gasteiger charge is 2.28. The van der Waals surface area contributed by atoms with Gasteiger partial charge >= 0.3 is 0 Å². The minimum Gasteiger partial charge on any atom is -0.353 e. The summed E-state index contributed by atoms with van der Waals surface area (Å²) in [7, 11) is 0. The minimum absolute atomic E-state index is 0.0465. The predicted octanol–water partition coefficient (Wildman–Crippen LogP) is 4.00. The Bertz CT molecular complexity index is 844. The van der Waals surface area contributed by atoms with E-state index in [0.29, 0.717) is 6.54 Å². The molecule has 28 heavy (non-hydrogen) atoms. The number of hydrogen-bond donors (Lipinski definition) is 1. The zero-order valence-corrected chi connectivity index (χ0v) is 15.9. The third-order valence-electron chi connectivity index (χ3n) is 5.36. The molecule has 0 aliphatic carbocycles. The lowest BCUT2D eigenvalue weighted by atomic mass is 9.90. The van der Waals surface area contributed by atoms with Crippen molar-refractivity contribution in [3.8, 4) is 0 Å². The Morgan fingerprint density at radius 1 is 0.964 bits per heavy atom. The van der Waals surface area contributed by atoms with Crippen LogP contribution in [0, 0.1) is 0 Å². The molecule has 4 heteroatoms. The fourth-order valence-electron chi connectivity index (χ4n) is 3.98. The number of anilines is 1. The number of carbonyl (C=O) groups excluding carboxylic acids is 1. The zero-order chi connectivity index (χ0) is 19.2. The van der Waals surface area contributed by atoms with E-state index in [2.05, 4.69) is 15.2 Å². The number of nitrogens with zero attached hydrogens (tertiary/aromatic N) is 2. The van der Waals surface area contributed by atoms with Crippen LogP contribution in [0.1, 0.15) is 29.9 Å². The maximum Gasteiger partial charge on any atom is 0.232 e. The van der Waals surface area contributed by atoms with Crippen molar-refractivity contribution in [2.75, 3.05) is 18.0 Å². The first-order chi connectivity index (χ1) is 13.8.